The van der Waals surface area contributed by atoms with Crippen molar-refractivity contribution in [3.05, 3.63) is 85.1 Å². The van der Waals surface area contributed by atoms with Crippen LogP contribution in [0.25, 0.3) is 0 Å². The van der Waals surface area contributed by atoms with Gasteiger partial charge in [0.15, 0.2) is 18.9 Å². The second kappa shape index (κ2) is 48.8. The van der Waals surface area contributed by atoms with E-state index in [0.29, 0.717) is 12.8 Å². The summed E-state index contributed by atoms with van der Waals surface area (Å²) < 4.78 is 34.3. The lowest BCUT2D eigenvalue weighted by molar-refractivity contribution is -0.379. The van der Waals surface area contributed by atoms with Gasteiger partial charge in [-0.25, -0.2) is 0 Å². The molecule has 86 heavy (non-hydrogen) atoms. The molecule has 0 aromatic rings. The molecule has 1 amide bonds. The number of allylic oxidation sites excluding steroid dienone is 13. The summed E-state index contributed by atoms with van der Waals surface area (Å²) >= 11 is 0. The molecule has 3 aliphatic rings. The monoisotopic (exact) mass is 1220 g/mol. The predicted molar refractivity (Wildman–Crippen MR) is 332 cm³/mol. The fraction of sp³-hybridized carbons (Fsp3) is 0.776. The van der Waals surface area contributed by atoms with Crippen LogP contribution < -0.4 is 5.32 Å². The highest BCUT2D eigenvalue weighted by Gasteiger charge is 2.53. The van der Waals surface area contributed by atoms with E-state index >= 15 is 0 Å². The minimum atomic E-state index is -1.99. The van der Waals surface area contributed by atoms with Crippen molar-refractivity contribution in [2.75, 3.05) is 26.4 Å². The van der Waals surface area contributed by atoms with Gasteiger partial charge in [-0.1, -0.05) is 195 Å². The highest BCUT2D eigenvalue weighted by atomic mass is 16.8. The van der Waals surface area contributed by atoms with Crippen LogP contribution in [-0.2, 0) is 33.2 Å². The van der Waals surface area contributed by atoms with Gasteiger partial charge in [-0.3, -0.25) is 4.79 Å². The lowest BCUT2D eigenvalue weighted by Gasteiger charge is -2.48. The smallest absolute Gasteiger partial charge is 0.220 e. The van der Waals surface area contributed by atoms with Crippen LogP contribution in [0.4, 0.5) is 0 Å². The summed E-state index contributed by atoms with van der Waals surface area (Å²) in [5.41, 5.74) is 0. The van der Waals surface area contributed by atoms with Crippen LogP contribution in [0, 0.1) is 0 Å². The molecule has 3 saturated heterocycles. The fourth-order valence-corrected chi connectivity index (χ4v) is 10.6. The molecule has 3 heterocycles. The van der Waals surface area contributed by atoms with Crippen molar-refractivity contribution in [2.45, 2.75) is 304 Å². The average molecular weight is 1220 g/mol. The first-order chi connectivity index (χ1) is 41.8. The van der Waals surface area contributed by atoms with Gasteiger partial charge >= 0.3 is 0 Å². The van der Waals surface area contributed by atoms with Gasteiger partial charge in [0, 0.05) is 6.42 Å². The molecule has 17 atom stereocenters. The summed E-state index contributed by atoms with van der Waals surface area (Å²) in [5.74, 6) is -0.296. The Morgan fingerprint density at radius 2 is 0.814 bits per heavy atom. The first-order valence-electron chi connectivity index (χ1n) is 32.8. The maximum atomic E-state index is 13.4. The van der Waals surface area contributed by atoms with E-state index in [0.717, 1.165) is 83.5 Å². The minimum absolute atomic E-state index is 0.225. The summed E-state index contributed by atoms with van der Waals surface area (Å²) in [7, 11) is 0. The Bertz CT molecular complexity index is 1890. The van der Waals surface area contributed by atoms with Crippen molar-refractivity contribution >= 4 is 5.91 Å². The Morgan fingerprint density at radius 3 is 1.30 bits per heavy atom. The maximum absolute atomic E-state index is 13.4. The SMILES string of the molecule is CC/C=C\C/C=C\C/C=C\C/C=C\CCCCCCCCCCCCCCC(=O)NC(COC1OC(CO)C(OC2OC(CO)C(OC3OC(CO)C(O)C(O)C3O)C(O)C2O)C(O)C1O)C(O)/C=C/CC/C=C/CC/C=C/CCCCCCCC. The van der Waals surface area contributed by atoms with Crippen LogP contribution in [0.15, 0.2) is 85.1 Å². The maximum Gasteiger partial charge on any atom is 0.220 e. The zero-order chi connectivity index (χ0) is 62.6. The number of hydrogen-bond acceptors (Lipinski definition) is 18. The van der Waals surface area contributed by atoms with Gasteiger partial charge in [-0.15, -0.1) is 0 Å². The quantitative estimate of drug-likeness (QED) is 0.0207. The minimum Gasteiger partial charge on any atom is -0.394 e. The third-order valence-corrected chi connectivity index (χ3v) is 15.9. The molecule has 0 aromatic carbocycles. The summed E-state index contributed by atoms with van der Waals surface area (Å²) in [6, 6.07) is -1.00. The third-order valence-electron chi connectivity index (χ3n) is 15.9. The molecule has 17 unspecified atom stereocenters. The normalized spacial score (nSPS) is 29.3. The molecule has 0 spiro atoms. The molecule has 0 bridgehead atoms. The van der Waals surface area contributed by atoms with Gasteiger partial charge in [-0.05, 0) is 83.5 Å². The number of nitrogens with one attached hydrogen (secondary N) is 1. The van der Waals surface area contributed by atoms with Crippen molar-refractivity contribution in [3.8, 4) is 0 Å². The Kier molecular flexibility index (Phi) is 43.8. The van der Waals surface area contributed by atoms with Crippen molar-refractivity contribution in [2.24, 2.45) is 0 Å². The first-order valence-corrected chi connectivity index (χ1v) is 32.8. The second-order valence-electron chi connectivity index (χ2n) is 23.2. The summed E-state index contributed by atoms with van der Waals surface area (Å²) in [6.45, 7) is 1.56. The fourth-order valence-electron chi connectivity index (χ4n) is 10.6. The van der Waals surface area contributed by atoms with Gasteiger partial charge in [-0.2, -0.15) is 0 Å². The molecule has 19 heteroatoms. The third kappa shape index (κ3) is 31.1. The average Bonchev–Trinajstić information content (AvgIpc) is 3.70. The molecular formula is C67H115NO18. The molecule has 12 N–H and O–H groups in total. The second-order valence-corrected chi connectivity index (χ2v) is 23.2. The van der Waals surface area contributed by atoms with E-state index in [1.54, 1.807) is 6.08 Å². The van der Waals surface area contributed by atoms with Gasteiger partial charge in [0.05, 0.1) is 38.6 Å². The summed E-state index contributed by atoms with van der Waals surface area (Å²) in [4.78, 5) is 13.4. The van der Waals surface area contributed by atoms with Crippen LogP contribution in [0.5, 0.6) is 0 Å². The molecule has 3 rings (SSSR count). The standard InChI is InChI=1S/C67H115NO18/c1-3-5-7-9-11-13-15-17-19-21-22-23-24-25-26-27-28-29-31-33-35-37-39-41-43-45-55(73)68-50(51(72)44-42-40-38-36-34-32-30-20-18-16-14-12-10-8-6-4-2)49-81-65-61(79)58(76)63(53(47-70)83-65)86-67-62(80)59(77)64(54(48-71)84-67)85-66-60(78)57(75)56(74)52(46-69)82-66/h5,7,11,13,17-20,22-23,34,36,42,44,50-54,56-67,69-72,74-80H,3-4,6,8-10,12,14-16,21,24-33,35,37-41,43,45-49H2,1-2H3,(H,68,73)/b7-5-,13-11-,19-17-,20-18+,23-22-,36-34+,44-42+. The first kappa shape index (κ1) is 77.2. The number of aliphatic hydroxyl groups excluding tert-OH is 11. The van der Waals surface area contributed by atoms with Crippen molar-refractivity contribution in [3.63, 3.8) is 0 Å². The van der Waals surface area contributed by atoms with E-state index in [2.05, 4.69) is 92.1 Å². The van der Waals surface area contributed by atoms with Gasteiger partial charge in [0.25, 0.3) is 0 Å². The Morgan fingerprint density at radius 1 is 0.430 bits per heavy atom. The zero-order valence-corrected chi connectivity index (χ0v) is 52.0. The highest BCUT2D eigenvalue weighted by molar-refractivity contribution is 5.76. The number of rotatable bonds is 48. The number of carbonyl (C=O) groups excluding carboxylic acids is 1. The molecule has 3 fully saturated rings. The number of amides is 1. The largest absolute Gasteiger partial charge is 0.394 e. The number of aliphatic hydroxyl groups is 11. The van der Waals surface area contributed by atoms with Crippen molar-refractivity contribution in [1.29, 1.82) is 0 Å². The van der Waals surface area contributed by atoms with Crippen LogP contribution in [-0.4, -0.2) is 193 Å². The van der Waals surface area contributed by atoms with Crippen LogP contribution in [0.1, 0.15) is 200 Å². The van der Waals surface area contributed by atoms with E-state index < -0.39 is 124 Å². The van der Waals surface area contributed by atoms with Gasteiger partial charge in [0.2, 0.25) is 5.91 Å². The number of carbonyl (C=O) groups is 1. The zero-order valence-electron chi connectivity index (χ0n) is 52.0. The molecule has 0 saturated carbocycles. The lowest BCUT2D eigenvalue weighted by atomic mass is 9.96. The molecular weight excluding hydrogens is 1110 g/mol. The molecule has 3 aliphatic heterocycles. The highest BCUT2D eigenvalue weighted by Crippen LogP contribution is 2.33. The van der Waals surface area contributed by atoms with Crippen LogP contribution in [0.3, 0.4) is 0 Å². The van der Waals surface area contributed by atoms with E-state index in [1.165, 1.54) is 83.5 Å². The van der Waals surface area contributed by atoms with Crippen molar-refractivity contribution in [1.82, 2.24) is 5.32 Å². The molecule has 19 nitrogen and oxygen atoms in total. The van der Waals surface area contributed by atoms with Gasteiger partial charge in [0.1, 0.15) is 73.2 Å². The molecule has 0 aromatic heterocycles. The molecule has 496 valence electrons. The Balaban J connectivity index is 1.46. The topological polar surface area (TPSA) is 307 Å². The summed E-state index contributed by atoms with van der Waals surface area (Å²) in [6.07, 6.45) is 34.1. The van der Waals surface area contributed by atoms with E-state index in [1.807, 2.05) is 6.08 Å². The number of hydrogen-bond donors (Lipinski definition) is 12. The predicted octanol–water partition coefficient (Wildman–Crippen LogP) is 7.54. The van der Waals surface area contributed by atoms with E-state index in [4.69, 9.17) is 28.4 Å². The molecule has 0 radical (unpaired) electrons. The van der Waals surface area contributed by atoms with E-state index in [-0.39, 0.29) is 18.9 Å². The Hall–Kier alpha value is -3.03. The summed E-state index contributed by atoms with van der Waals surface area (Å²) in [5, 5.41) is 120. The van der Waals surface area contributed by atoms with E-state index in [9.17, 15) is 61.0 Å². The van der Waals surface area contributed by atoms with Crippen LogP contribution in [0.2, 0.25) is 0 Å². The number of ether oxygens (including phenoxy) is 6. The van der Waals surface area contributed by atoms with Gasteiger partial charge < -0.3 is 89.9 Å². The van der Waals surface area contributed by atoms with Crippen molar-refractivity contribution < 1.29 is 89.4 Å². The molecule has 0 aliphatic carbocycles. The van der Waals surface area contributed by atoms with Crippen LogP contribution >= 0.6 is 0 Å². The number of unbranched alkanes of at least 4 members (excludes halogenated alkanes) is 20. The Labute approximate surface area is 514 Å². The lowest BCUT2D eigenvalue weighted by Crippen LogP contribution is -2.66.